The Bertz CT molecular complexity index is 634. The fraction of sp³-hybridized carbons (Fsp3) is 0. The molecular formula is C15H11AlN2. The second kappa shape index (κ2) is 4.82. The second-order valence-electron chi connectivity index (χ2n) is 4.06. The zero-order chi connectivity index (χ0) is 12.4. The van der Waals surface area contributed by atoms with Gasteiger partial charge in [0.2, 0.25) is 0 Å². The van der Waals surface area contributed by atoms with Crippen LogP contribution in [0.2, 0.25) is 0 Å². The van der Waals surface area contributed by atoms with Crippen LogP contribution in [0.3, 0.4) is 0 Å². The molecule has 3 rings (SSSR count). The molecule has 0 N–H and O–H groups in total. The van der Waals surface area contributed by atoms with Crippen LogP contribution in [0.4, 0.5) is 0 Å². The highest BCUT2D eigenvalue weighted by Crippen LogP contribution is 2.29. The van der Waals surface area contributed by atoms with Crippen LogP contribution >= 0.6 is 0 Å². The summed E-state index contributed by atoms with van der Waals surface area (Å²) in [5, 5.41) is 0. The number of rotatable bonds is 2. The van der Waals surface area contributed by atoms with Gasteiger partial charge in [-0.3, -0.25) is 4.99 Å². The van der Waals surface area contributed by atoms with Gasteiger partial charge in [-0.1, -0.05) is 30.3 Å². The predicted octanol–water partition coefficient (Wildman–Crippen LogP) is 2.82. The minimum Gasteiger partial charge on any atom is -0.458 e. The number of aromatic nitrogens is 1. The van der Waals surface area contributed by atoms with E-state index in [4.69, 9.17) is 0 Å². The number of nitrogens with zero attached hydrogens (tertiary/aromatic N) is 2. The molecule has 1 aliphatic heterocycles. The Kier molecular flexibility index (Phi) is 3.02. The fourth-order valence-corrected chi connectivity index (χ4v) is 2.40. The molecule has 1 aliphatic rings. The Morgan fingerprint density at radius 3 is 2.50 bits per heavy atom. The van der Waals surface area contributed by atoms with E-state index in [0.29, 0.717) is 0 Å². The molecule has 2 heterocycles. The summed E-state index contributed by atoms with van der Waals surface area (Å²) in [4.78, 5) is 4.43. The van der Waals surface area contributed by atoms with Gasteiger partial charge in [0.05, 0.1) is 5.70 Å². The summed E-state index contributed by atoms with van der Waals surface area (Å²) in [5.41, 5.74) is 4.48. The van der Waals surface area contributed by atoms with Gasteiger partial charge in [-0.2, -0.15) is 0 Å². The van der Waals surface area contributed by atoms with E-state index in [-0.39, 0.29) is 0 Å². The maximum atomic E-state index is 4.43. The SMILES string of the molecule is [Al][n]1cccc1/C(=C1/C=CC=N1)c1ccccc1. The topological polar surface area (TPSA) is 17.3 Å². The molecule has 2 nitrogen and oxygen atoms in total. The molecule has 2 aromatic rings. The first-order chi connectivity index (χ1) is 8.86. The molecule has 0 aliphatic carbocycles. The van der Waals surface area contributed by atoms with Crippen molar-refractivity contribution < 1.29 is 0 Å². The van der Waals surface area contributed by atoms with Gasteiger partial charge in [0.1, 0.15) is 0 Å². The van der Waals surface area contributed by atoms with E-state index in [0.717, 1.165) is 17.0 Å². The van der Waals surface area contributed by atoms with Crippen molar-refractivity contribution in [1.29, 1.82) is 0 Å². The number of hydrogen-bond acceptors (Lipinski definition) is 1. The zero-order valence-corrected chi connectivity index (χ0v) is 11.0. The monoisotopic (exact) mass is 246 g/mol. The predicted molar refractivity (Wildman–Crippen MR) is 75.7 cm³/mol. The summed E-state index contributed by atoms with van der Waals surface area (Å²) >= 11 is 2.71. The molecule has 18 heavy (non-hydrogen) atoms. The number of hydrogen-bond donors (Lipinski definition) is 0. The van der Waals surface area contributed by atoms with Gasteiger partial charge in [-0.25, -0.2) is 0 Å². The molecule has 84 valence electrons. The summed E-state index contributed by atoms with van der Waals surface area (Å²) in [5.74, 6) is 0. The maximum Gasteiger partial charge on any atom is 0.317 e. The first-order valence-electron chi connectivity index (χ1n) is 5.79. The molecule has 0 unspecified atom stereocenters. The van der Waals surface area contributed by atoms with E-state index in [9.17, 15) is 0 Å². The van der Waals surface area contributed by atoms with Crippen LogP contribution in [-0.2, 0) is 0 Å². The first kappa shape index (κ1) is 11.3. The minimum absolute atomic E-state index is 1.00. The summed E-state index contributed by atoms with van der Waals surface area (Å²) in [7, 11) is 0. The van der Waals surface area contributed by atoms with Crippen LogP contribution in [-0.4, -0.2) is 26.3 Å². The van der Waals surface area contributed by atoms with Crippen molar-refractivity contribution in [2.45, 2.75) is 0 Å². The van der Waals surface area contributed by atoms with E-state index in [1.807, 2.05) is 52.4 Å². The third-order valence-electron chi connectivity index (χ3n) is 2.91. The van der Waals surface area contributed by atoms with Crippen LogP contribution < -0.4 is 0 Å². The third-order valence-corrected chi connectivity index (χ3v) is 3.36. The summed E-state index contributed by atoms with van der Waals surface area (Å²) in [6.45, 7) is 0. The van der Waals surface area contributed by atoms with Crippen molar-refractivity contribution >= 4 is 28.3 Å². The van der Waals surface area contributed by atoms with Crippen molar-refractivity contribution in [3.05, 3.63) is 77.8 Å². The van der Waals surface area contributed by atoms with Gasteiger partial charge in [-0.15, -0.1) is 0 Å². The Morgan fingerprint density at radius 2 is 1.89 bits per heavy atom. The van der Waals surface area contributed by atoms with Crippen molar-refractivity contribution in [3.63, 3.8) is 0 Å². The van der Waals surface area contributed by atoms with Crippen LogP contribution in [0, 0.1) is 0 Å². The van der Waals surface area contributed by atoms with E-state index in [1.54, 1.807) is 0 Å². The molecule has 1 aromatic carbocycles. The van der Waals surface area contributed by atoms with Crippen LogP contribution in [0.15, 0.2) is 71.5 Å². The Labute approximate surface area is 115 Å². The number of aliphatic imine (C=N–C) groups is 1. The first-order valence-corrected chi connectivity index (χ1v) is 6.31. The quantitative estimate of drug-likeness (QED) is 0.725. The lowest BCUT2D eigenvalue weighted by Gasteiger charge is -2.12. The highest BCUT2D eigenvalue weighted by atomic mass is 27.1. The van der Waals surface area contributed by atoms with E-state index < -0.39 is 0 Å². The van der Waals surface area contributed by atoms with Crippen molar-refractivity contribution in [3.8, 4) is 0 Å². The van der Waals surface area contributed by atoms with Crippen molar-refractivity contribution in [2.75, 3.05) is 0 Å². The molecule has 0 saturated heterocycles. The molecule has 2 radical (unpaired) electrons. The largest absolute Gasteiger partial charge is 0.458 e. The van der Waals surface area contributed by atoms with Gasteiger partial charge in [-0.05, 0) is 36.0 Å². The smallest absolute Gasteiger partial charge is 0.317 e. The van der Waals surface area contributed by atoms with Gasteiger partial charge in [0.25, 0.3) is 0 Å². The molecule has 0 spiro atoms. The van der Waals surface area contributed by atoms with Gasteiger partial charge < -0.3 is 3.55 Å². The lowest BCUT2D eigenvalue weighted by molar-refractivity contribution is 1.21. The zero-order valence-electron chi connectivity index (χ0n) is 9.82. The number of allylic oxidation sites excluding steroid dienone is 2. The normalized spacial score (nSPS) is 16.2. The minimum atomic E-state index is 1.00. The standard InChI is InChI=1S/C15H11N2.Al/c1-2-6-12(7-3-1)15(13-8-4-10-16-13)14-9-5-11-17-14;/h1-11H;/q-1;+1/b15-13-;. The van der Waals surface area contributed by atoms with Crippen molar-refractivity contribution in [1.82, 2.24) is 3.55 Å². The lowest BCUT2D eigenvalue weighted by atomic mass is 10.0. The molecule has 1 aromatic heterocycles. The Hall–Kier alpha value is -1.82. The Morgan fingerprint density at radius 1 is 1.06 bits per heavy atom. The molecule has 3 heteroatoms. The van der Waals surface area contributed by atoms with Gasteiger partial charge in [0.15, 0.2) is 0 Å². The van der Waals surface area contributed by atoms with E-state index >= 15 is 0 Å². The fourth-order valence-electron chi connectivity index (χ4n) is 2.09. The second-order valence-corrected chi connectivity index (χ2v) is 4.62. The number of benzene rings is 1. The van der Waals surface area contributed by atoms with E-state index in [2.05, 4.69) is 39.7 Å². The molecular weight excluding hydrogens is 235 g/mol. The average molecular weight is 246 g/mol. The highest BCUT2D eigenvalue weighted by molar-refractivity contribution is 6.08. The molecule has 0 atom stereocenters. The van der Waals surface area contributed by atoms with Gasteiger partial charge >= 0.3 is 16.5 Å². The van der Waals surface area contributed by atoms with Crippen molar-refractivity contribution in [2.24, 2.45) is 4.99 Å². The maximum absolute atomic E-state index is 4.43. The Balaban J connectivity index is 2.24. The summed E-state index contributed by atoms with van der Waals surface area (Å²) in [6, 6.07) is 14.5. The molecule has 0 bridgehead atoms. The molecule has 0 saturated carbocycles. The highest BCUT2D eigenvalue weighted by Gasteiger charge is 2.12. The third kappa shape index (κ3) is 1.99. The van der Waals surface area contributed by atoms with Crippen LogP contribution in [0.1, 0.15) is 11.3 Å². The molecule has 0 fully saturated rings. The average Bonchev–Trinajstić information content (AvgIpc) is 3.05. The van der Waals surface area contributed by atoms with Crippen LogP contribution in [0.5, 0.6) is 0 Å². The summed E-state index contributed by atoms with van der Waals surface area (Å²) in [6.07, 6.45) is 7.86. The summed E-state index contributed by atoms with van der Waals surface area (Å²) < 4.78 is 2.04. The lowest BCUT2D eigenvalue weighted by Crippen LogP contribution is -1.99. The molecule has 0 amide bonds. The van der Waals surface area contributed by atoms with E-state index in [1.165, 1.54) is 5.56 Å². The van der Waals surface area contributed by atoms with Gasteiger partial charge in [0, 0.05) is 17.5 Å². The van der Waals surface area contributed by atoms with Crippen LogP contribution in [0.25, 0.3) is 5.57 Å².